The quantitative estimate of drug-likeness (QED) is 0.813. The van der Waals surface area contributed by atoms with Crippen LogP contribution in [0.5, 0.6) is 0 Å². The van der Waals surface area contributed by atoms with Gasteiger partial charge in [-0.1, -0.05) is 18.2 Å². The van der Waals surface area contributed by atoms with E-state index < -0.39 is 6.10 Å². The smallest absolute Gasteiger partial charge is 0.254 e. The zero-order valence-corrected chi connectivity index (χ0v) is 13.8. The Kier molecular flexibility index (Phi) is 6.14. The minimum atomic E-state index is -0.779. The molecule has 0 saturated carbocycles. The van der Waals surface area contributed by atoms with Crippen molar-refractivity contribution in [2.45, 2.75) is 25.5 Å². The number of carbonyl (C=O) groups excluding carboxylic acids is 2. The van der Waals surface area contributed by atoms with Crippen LogP contribution >= 0.6 is 0 Å². The maximum Gasteiger partial charge on any atom is 0.254 e. The third-order valence-corrected chi connectivity index (χ3v) is 3.60. The van der Waals surface area contributed by atoms with Crippen LogP contribution in [-0.4, -0.2) is 41.5 Å². The van der Waals surface area contributed by atoms with Crippen LogP contribution in [0.3, 0.4) is 0 Å². The van der Waals surface area contributed by atoms with Crippen LogP contribution in [0.15, 0.2) is 53.1 Å². The number of likely N-dealkylation sites (N-methyl/N-ethyl adjacent to an activating group) is 1. The Morgan fingerprint density at radius 2 is 1.92 bits per heavy atom. The summed E-state index contributed by atoms with van der Waals surface area (Å²) in [7, 11) is 1.58. The third-order valence-electron chi connectivity index (χ3n) is 3.60. The lowest BCUT2D eigenvalue weighted by molar-refractivity contribution is -0.122. The van der Waals surface area contributed by atoms with Crippen LogP contribution < -0.4 is 5.32 Å². The van der Waals surface area contributed by atoms with E-state index in [1.165, 1.54) is 11.2 Å². The molecule has 2 amide bonds. The molecule has 6 heteroatoms. The number of benzene rings is 1. The van der Waals surface area contributed by atoms with Gasteiger partial charge in [0.2, 0.25) is 5.91 Å². The number of carbonyl (C=O) groups is 2. The van der Waals surface area contributed by atoms with Gasteiger partial charge in [-0.3, -0.25) is 9.59 Å². The van der Waals surface area contributed by atoms with Gasteiger partial charge in [0.1, 0.15) is 11.9 Å². The highest BCUT2D eigenvalue weighted by Crippen LogP contribution is 2.18. The van der Waals surface area contributed by atoms with Crippen LogP contribution in [0.1, 0.15) is 35.6 Å². The van der Waals surface area contributed by atoms with Crippen LogP contribution in [0, 0.1) is 0 Å². The zero-order valence-electron chi connectivity index (χ0n) is 13.8. The van der Waals surface area contributed by atoms with Gasteiger partial charge in [-0.25, -0.2) is 0 Å². The number of hydrogen-bond donors (Lipinski definition) is 2. The largest absolute Gasteiger partial charge is 0.467 e. The molecule has 0 aliphatic carbocycles. The van der Waals surface area contributed by atoms with Crippen molar-refractivity contribution in [3.05, 3.63) is 60.1 Å². The van der Waals surface area contributed by atoms with Gasteiger partial charge in [0.05, 0.1) is 12.8 Å². The molecule has 0 aliphatic heterocycles. The predicted molar refractivity (Wildman–Crippen MR) is 89.3 cm³/mol. The van der Waals surface area contributed by atoms with Crippen molar-refractivity contribution in [3.63, 3.8) is 0 Å². The molecule has 2 rings (SSSR count). The molecule has 2 atom stereocenters. The van der Waals surface area contributed by atoms with E-state index in [1.54, 1.807) is 50.4 Å². The molecule has 24 heavy (non-hydrogen) atoms. The van der Waals surface area contributed by atoms with Gasteiger partial charge in [-0.05, 0) is 31.2 Å². The number of nitrogens with zero attached hydrogens (tertiary/aromatic N) is 1. The monoisotopic (exact) mass is 330 g/mol. The SMILES string of the molecule is CC(CC(O)c1ccco1)NC(=O)CN(C)C(=O)c1ccccc1. The minimum absolute atomic E-state index is 0.0467. The predicted octanol–water partition coefficient (Wildman–Crippen LogP) is 1.98. The fourth-order valence-corrected chi connectivity index (χ4v) is 2.40. The normalized spacial score (nSPS) is 13.1. The van der Waals surface area contributed by atoms with Gasteiger partial charge >= 0.3 is 0 Å². The molecule has 2 unspecified atom stereocenters. The van der Waals surface area contributed by atoms with Gasteiger partial charge in [0.25, 0.3) is 5.91 Å². The van der Waals surface area contributed by atoms with Crippen LogP contribution in [0.4, 0.5) is 0 Å². The second kappa shape index (κ2) is 8.31. The Morgan fingerprint density at radius 1 is 1.21 bits per heavy atom. The van der Waals surface area contributed by atoms with Crippen molar-refractivity contribution < 1.29 is 19.1 Å². The Morgan fingerprint density at radius 3 is 2.54 bits per heavy atom. The number of aliphatic hydroxyl groups excluding tert-OH is 1. The Labute approximate surface area is 141 Å². The average molecular weight is 330 g/mol. The molecule has 1 heterocycles. The van der Waals surface area contributed by atoms with Crippen molar-refractivity contribution in [1.29, 1.82) is 0 Å². The van der Waals surface area contributed by atoms with E-state index in [0.717, 1.165) is 0 Å². The number of aliphatic hydroxyl groups is 1. The first-order valence-corrected chi connectivity index (χ1v) is 7.78. The molecule has 2 N–H and O–H groups in total. The first-order chi connectivity index (χ1) is 11.5. The van der Waals surface area contributed by atoms with Crippen molar-refractivity contribution in [1.82, 2.24) is 10.2 Å². The molecular formula is C18H22N2O4. The molecule has 0 aliphatic rings. The van der Waals surface area contributed by atoms with Gasteiger partial charge in [0.15, 0.2) is 0 Å². The molecule has 128 valence electrons. The topological polar surface area (TPSA) is 82.8 Å². The van der Waals surface area contributed by atoms with E-state index in [1.807, 2.05) is 6.07 Å². The summed E-state index contributed by atoms with van der Waals surface area (Å²) in [4.78, 5) is 25.6. The lowest BCUT2D eigenvalue weighted by Crippen LogP contribution is -2.42. The lowest BCUT2D eigenvalue weighted by atomic mass is 10.1. The molecule has 0 radical (unpaired) electrons. The summed E-state index contributed by atoms with van der Waals surface area (Å²) >= 11 is 0. The van der Waals surface area contributed by atoms with Crippen molar-refractivity contribution in [2.75, 3.05) is 13.6 Å². The second-order valence-electron chi connectivity index (χ2n) is 5.76. The second-order valence-corrected chi connectivity index (χ2v) is 5.76. The molecule has 2 aromatic rings. The molecule has 1 aromatic carbocycles. The molecule has 6 nitrogen and oxygen atoms in total. The fourth-order valence-electron chi connectivity index (χ4n) is 2.40. The van der Waals surface area contributed by atoms with Crippen molar-refractivity contribution in [2.24, 2.45) is 0 Å². The standard InChI is InChI=1S/C18H22N2O4/c1-13(11-15(21)16-9-6-10-24-16)19-17(22)12-20(2)18(23)14-7-4-3-5-8-14/h3-10,13,15,21H,11-12H2,1-2H3,(H,19,22). The third kappa shape index (κ3) is 4.96. The van der Waals surface area contributed by atoms with Crippen LogP contribution in [0.2, 0.25) is 0 Å². The van der Waals surface area contributed by atoms with E-state index in [9.17, 15) is 14.7 Å². The first-order valence-electron chi connectivity index (χ1n) is 7.78. The van der Waals surface area contributed by atoms with E-state index in [2.05, 4.69) is 5.32 Å². The lowest BCUT2D eigenvalue weighted by Gasteiger charge is -2.20. The van der Waals surface area contributed by atoms with E-state index >= 15 is 0 Å². The molecule has 1 aromatic heterocycles. The van der Waals surface area contributed by atoms with Gasteiger partial charge in [0, 0.05) is 25.1 Å². The molecule has 0 spiro atoms. The number of hydrogen-bond acceptors (Lipinski definition) is 4. The Hall–Kier alpha value is -2.60. The van der Waals surface area contributed by atoms with Gasteiger partial charge < -0.3 is 19.7 Å². The number of nitrogens with one attached hydrogen (secondary N) is 1. The number of rotatable bonds is 7. The summed E-state index contributed by atoms with van der Waals surface area (Å²) in [6.07, 6.45) is 1.04. The molecule has 0 saturated heterocycles. The first kappa shape index (κ1) is 17.7. The molecule has 0 bridgehead atoms. The zero-order chi connectivity index (χ0) is 17.5. The summed E-state index contributed by atoms with van der Waals surface area (Å²) in [5.74, 6) is -0.0255. The molecule has 0 fully saturated rings. The molecular weight excluding hydrogens is 308 g/mol. The summed E-state index contributed by atoms with van der Waals surface area (Å²) < 4.78 is 5.13. The Bertz CT molecular complexity index is 655. The van der Waals surface area contributed by atoms with E-state index in [0.29, 0.717) is 17.7 Å². The number of furan rings is 1. The average Bonchev–Trinajstić information content (AvgIpc) is 3.09. The maximum absolute atomic E-state index is 12.2. The summed E-state index contributed by atoms with van der Waals surface area (Å²) in [5.41, 5.74) is 0.536. The summed E-state index contributed by atoms with van der Waals surface area (Å²) in [6.45, 7) is 1.75. The van der Waals surface area contributed by atoms with Crippen LogP contribution in [0.25, 0.3) is 0 Å². The van der Waals surface area contributed by atoms with E-state index in [4.69, 9.17) is 4.42 Å². The summed E-state index contributed by atoms with van der Waals surface area (Å²) in [6, 6.07) is 11.9. The minimum Gasteiger partial charge on any atom is -0.467 e. The highest BCUT2D eigenvalue weighted by Gasteiger charge is 2.19. The van der Waals surface area contributed by atoms with E-state index in [-0.39, 0.29) is 24.4 Å². The highest BCUT2D eigenvalue weighted by atomic mass is 16.4. The van der Waals surface area contributed by atoms with Crippen molar-refractivity contribution in [3.8, 4) is 0 Å². The fraction of sp³-hybridized carbons (Fsp3) is 0.333. The van der Waals surface area contributed by atoms with Crippen molar-refractivity contribution >= 4 is 11.8 Å². The van der Waals surface area contributed by atoms with Gasteiger partial charge in [-0.15, -0.1) is 0 Å². The van der Waals surface area contributed by atoms with Crippen LogP contribution in [-0.2, 0) is 4.79 Å². The highest BCUT2D eigenvalue weighted by molar-refractivity contribution is 5.96. The number of amides is 2. The summed E-state index contributed by atoms with van der Waals surface area (Å²) in [5, 5.41) is 12.8. The Balaban J connectivity index is 1.80. The maximum atomic E-state index is 12.2. The van der Waals surface area contributed by atoms with Gasteiger partial charge in [-0.2, -0.15) is 0 Å².